The molecular weight excluding hydrogens is 334 g/mol. The van der Waals surface area contributed by atoms with E-state index in [1.165, 1.54) is 11.3 Å². The first-order valence-corrected chi connectivity index (χ1v) is 7.11. The van der Waals surface area contributed by atoms with Crippen molar-refractivity contribution in [3.05, 3.63) is 55.6 Å². The molecular formula is C13H7BrClNOS. The number of hydrogen-bond acceptors (Lipinski definition) is 3. The molecule has 0 fully saturated rings. The van der Waals surface area contributed by atoms with Crippen molar-refractivity contribution >= 4 is 44.7 Å². The first-order valence-electron chi connectivity index (χ1n) is 5.05. The van der Waals surface area contributed by atoms with Gasteiger partial charge in [0.15, 0.2) is 5.78 Å². The van der Waals surface area contributed by atoms with Crippen LogP contribution < -0.4 is 0 Å². The molecule has 0 radical (unpaired) electrons. The summed E-state index contributed by atoms with van der Waals surface area (Å²) in [6.07, 6.45) is 0. The van der Waals surface area contributed by atoms with Crippen LogP contribution >= 0.6 is 38.9 Å². The van der Waals surface area contributed by atoms with Gasteiger partial charge in [-0.2, -0.15) is 5.26 Å². The van der Waals surface area contributed by atoms with E-state index in [4.69, 9.17) is 11.6 Å². The number of carbonyl (C=O) groups is 1. The van der Waals surface area contributed by atoms with E-state index in [-0.39, 0.29) is 5.78 Å². The second-order valence-electron chi connectivity index (χ2n) is 3.57. The first kappa shape index (κ1) is 13.3. The third-order valence-corrected chi connectivity index (χ3v) is 4.17. The lowest BCUT2D eigenvalue weighted by molar-refractivity contribution is 0.0980. The summed E-state index contributed by atoms with van der Waals surface area (Å²) in [7, 11) is 0. The van der Waals surface area contributed by atoms with E-state index < -0.39 is 5.92 Å². The number of thiophene rings is 1. The van der Waals surface area contributed by atoms with E-state index in [0.29, 0.717) is 10.6 Å². The Bertz CT molecular complexity index is 618. The molecule has 2 aromatic rings. The molecule has 0 bridgehead atoms. The van der Waals surface area contributed by atoms with Crippen LogP contribution in [0.25, 0.3) is 0 Å². The standard InChI is InChI=1S/C13H7BrClNOS/c14-8-3-4-11(15)9(6-8)13(17)10(7-16)12-2-1-5-18-12/h1-6,10H. The lowest BCUT2D eigenvalue weighted by atomic mass is 9.97. The molecule has 0 saturated heterocycles. The number of rotatable bonds is 3. The van der Waals surface area contributed by atoms with Crippen LogP contribution in [-0.4, -0.2) is 5.78 Å². The van der Waals surface area contributed by atoms with Crippen molar-refractivity contribution in [3.8, 4) is 6.07 Å². The molecule has 5 heteroatoms. The number of carbonyl (C=O) groups excluding carboxylic acids is 1. The largest absolute Gasteiger partial charge is 0.292 e. The molecule has 1 unspecified atom stereocenters. The van der Waals surface area contributed by atoms with E-state index in [9.17, 15) is 10.1 Å². The Balaban J connectivity index is 2.42. The van der Waals surface area contributed by atoms with Gasteiger partial charge in [-0.3, -0.25) is 4.79 Å². The maximum Gasteiger partial charge on any atom is 0.186 e. The average molecular weight is 341 g/mol. The highest BCUT2D eigenvalue weighted by Gasteiger charge is 2.24. The summed E-state index contributed by atoms with van der Waals surface area (Å²) in [6.45, 7) is 0. The summed E-state index contributed by atoms with van der Waals surface area (Å²) in [5.41, 5.74) is 0.367. The van der Waals surface area contributed by atoms with Crippen molar-refractivity contribution < 1.29 is 4.79 Å². The Hall–Kier alpha value is -1.15. The normalized spacial score (nSPS) is 11.8. The molecule has 90 valence electrons. The minimum atomic E-state index is -0.795. The molecule has 0 N–H and O–H groups in total. The average Bonchev–Trinajstić information content (AvgIpc) is 2.87. The highest BCUT2D eigenvalue weighted by molar-refractivity contribution is 9.10. The number of nitrogens with zero attached hydrogens (tertiary/aromatic N) is 1. The van der Waals surface area contributed by atoms with E-state index in [1.54, 1.807) is 24.3 Å². The van der Waals surface area contributed by atoms with E-state index in [1.807, 2.05) is 17.5 Å². The minimum Gasteiger partial charge on any atom is -0.292 e. The lowest BCUT2D eigenvalue weighted by Crippen LogP contribution is -2.10. The zero-order chi connectivity index (χ0) is 13.1. The summed E-state index contributed by atoms with van der Waals surface area (Å²) in [6, 6.07) is 10.7. The van der Waals surface area contributed by atoms with Crippen molar-refractivity contribution in [1.82, 2.24) is 0 Å². The van der Waals surface area contributed by atoms with E-state index in [2.05, 4.69) is 15.9 Å². The fraction of sp³-hybridized carbons (Fsp3) is 0.0769. The Labute approximate surface area is 122 Å². The van der Waals surface area contributed by atoms with Gasteiger partial charge in [0.25, 0.3) is 0 Å². The fourth-order valence-electron chi connectivity index (χ4n) is 1.55. The Morgan fingerprint density at radius 1 is 1.44 bits per heavy atom. The van der Waals surface area contributed by atoms with Gasteiger partial charge < -0.3 is 0 Å². The molecule has 1 heterocycles. The topological polar surface area (TPSA) is 40.9 Å². The predicted octanol–water partition coefficient (Wildman–Crippen LogP) is 4.65. The van der Waals surface area contributed by atoms with Crippen molar-refractivity contribution in [2.45, 2.75) is 5.92 Å². The molecule has 2 rings (SSSR count). The second kappa shape index (κ2) is 5.66. The van der Waals surface area contributed by atoms with Crippen molar-refractivity contribution in [3.63, 3.8) is 0 Å². The second-order valence-corrected chi connectivity index (χ2v) is 5.87. The molecule has 0 spiro atoms. The zero-order valence-electron chi connectivity index (χ0n) is 9.06. The Morgan fingerprint density at radius 2 is 2.22 bits per heavy atom. The summed E-state index contributed by atoms with van der Waals surface area (Å²) in [5.74, 6) is -1.07. The molecule has 18 heavy (non-hydrogen) atoms. The quantitative estimate of drug-likeness (QED) is 0.763. The van der Waals surface area contributed by atoms with Crippen LogP contribution in [0.5, 0.6) is 0 Å². The molecule has 2 nitrogen and oxygen atoms in total. The molecule has 0 saturated carbocycles. The number of ketones is 1. The van der Waals surface area contributed by atoms with Crippen molar-refractivity contribution in [2.75, 3.05) is 0 Å². The van der Waals surface area contributed by atoms with Crippen molar-refractivity contribution in [2.24, 2.45) is 0 Å². The van der Waals surface area contributed by atoms with Crippen LogP contribution in [0.2, 0.25) is 5.02 Å². The minimum absolute atomic E-state index is 0.272. The van der Waals surface area contributed by atoms with Crippen LogP contribution in [0.1, 0.15) is 21.2 Å². The summed E-state index contributed by atoms with van der Waals surface area (Å²) >= 11 is 10.7. The molecule has 0 aliphatic carbocycles. The number of benzene rings is 1. The molecule has 1 atom stereocenters. The highest BCUT2D eigenvalue weighted by atomic mass is 79.9. The lowest BCUT2D eigenvalue weighted by Gasteiger charge is -2.08. The number of halogens is 2. The van der Waals surface area contributed by atoms with Crippen LogP contribution in [0.3, 0.4) is 0 Å². The van der Waals surface area contributed by atoms with Gasteiger partial charge in [0.05, 0.1) is 11.1 Å². The predicted molar refractivity (Wildman–Crippen MR) is 76.2 cm³/mol. The number of hydrogen-bond donors (Lipinski definition) is 0. The molecule has 1 aromatic carbocycles. The summed E-state index contributed by atoms with van der Waals surface area (Å²) < 4.78 is 0.762. The zero-order valence-corrected chi connectivity index (χ0v) is 12.2. The summed E-state index contributed by atoms with van der Waals surface area (Å²) in [5, 5.41) is 11.4. The Morgan fingerprint density at radius 3 is 2.83 bits per heavy atom. The third-order valence-electron chi connectivity index (χ3n) is 2.41. The third kappa shape index (κ3) is 2.64. The van der Waals surface area contributed by atoms with Crippen LogP contribution in [-0.2, 0) is 0 Å². The fourth-order valence-corrected chi connectivity index (χ4v) is 2.89. The van der Waals surface area contributed by atoms with Gasteiger partial charge in [0.2, 0.25) is 0 Å². The molecule has 0 aliphatic rings. The number of nitriles is 1. The van der Waals surface area contributed by atoms with Gasteiger partial charge in [-0.05, 0) is 29.6 Å². The summed E-state index contributed by atoms with van der Waals surface area (Å²) in [4.78, 5) is 13.1. The smallest absolute Gasteiger partial charge is 0.186 e. The van der Waals surface area contributed by atoms with E-state index >= 15 is 0 Å². The van der Waals surface area contributed by atoms with E-state index in [0.717, 1.165) is 9.35 Å². The molecule has 0 amide bonds. The SMILES string of the molecule is N#CC(C(=O)c1cc(Br)ccc1Cl)c1cccs1. The van der Waals surface area contributed by atoms with Gasteiger partial charge in [0, 0.05) is 14.9 Å². The van der Waals surface area contributed by atoms with Gasteiger partial charge in [-0.1, -0.05) is 33.6 Å². The van der Waals surface area contributed by atoms with Gasteiger partial charge >= 0.3 is 0 Å². The maximum absolute atomic E-state index is 12.3. The highest BCUT2D eigenvalue weighted by Crippen LogP contribution is 2.29. The van der Waals surface area contributed by atoms with Crippen LogP contribution in [0, 0.1) is 11.3 Å². The van der Waals surface area contributed by atoms with Crippen LogP contribution in [0.15, 0.2) is 40.2 Å². The molecule has 1 aromatic heterocycles. The number of Topliss-reactive ketones (excluding diaryl/α,β-unsaturated/α-hetero) is 1. The van der Waals surface area contributed by atoms with Crippen molar-refractivity contribution in [1.29, 1.82) is 5.26 Å². The van der Waals surface area contributed by atoms with Gasteiger partial charge in [0.1, 0.15) is 5.92 Å². The van der Waals surface area contributed by atoms with Gasteiger partial charge in [-0.25, -0.2) is 0 Å². The monoisotopic (exact) mass is 339 g/mol. The van der Waals surface area contributed by atoms with Crippen LogP contribution in [0.4, 0.5) is 0 Å². The molecule has 0 aliphatic heterocycles. The Kier molecular flexibility index (Phi) is 4.18. The first-order chi connectivity index (χ1) is 8.63. The maximum atomic E-state index is 12.3. The van der Waals surface area contributed by atoms with Gasteiger partial charge in [-0.15, -0.1) is 11.3 Å².